The van der Waals surface area contributed by atoms with E-state index >= 15 is 0 Å². The Balaban J connectivity index is 1.76. The van der Waals surface area contributed by atoms with E-state index in [0.29, 0.717) is 19.4 Å². The molecule has 0 aromatic carbocycles. The molecule has 23 heavy (non-hydrogen) atoms. The van der Waals surface area contributed by atoms with Crippen LogP contribution in [-0.4, -0.2) is 40.4 Å². The van der Waals surface area contributed by atoms with Crippen molar-refractivity contribution in [3.63, 3.8) is 0 Å². The molecule has 1 aromatic rings. The number of nitrogens with zero attached hydrogens (tertiary/aromatic N) is 2. The molecule has 1 unspecified atom stereocenters. The van der Waals surface area contributed by atoms with Gasteiger partial charge in [0.05, 0.1) is 5.92 Å². The second kappa shape index (κ2) is 5.51. The Bertz CT molecular complexity index is 608. The third kappa shape index (κ3) is 2.84. The first-order valence-corrected chi connectivity index (χ1v) is 7.70. The third-order valence-electron chi connectivity index (χ3n) is 5.28. The predicted molar refractivity (Wildman–Crippen MR) is 73.9 cm³/mol. The van der Waals surface area contributed by atoms with Gasteiger partial charge in [-0.2, -0.15) is 13.2 Å². The van der Waals surface area contributed by atoms with Gasteiger partial charge in [-0.15, -0.1) is 0 Å². The van der Waals surface area contributed by atoms with E-state index in [4.69, 9.17) is 4.52 Å². The van der Waals surface area contributed by atoms with E-state index in [1.807, 2.05) is 4.90 Å². The summed E-state index contributed by atoms with van der Waals surface area (Å²) in [5.41, 5.74) is -0.404. The van der Waals surface area contributed by atoms with Gasteiger partial charge >= 0.3 is 12.1 Å². The van der Waals surface area contributed by atoms with Crippen molar-refractivity contribution < 1.29 is 27.6 Å². The fourth-order valence-corrected chi connectivity index (χ4v) is 4.05. The molecule has 0 amide bonds. The molecule has 128 valence electrons. The summed E-state index contributed by atoms with van der Waals surface area (Å²) in [7, 11) is 0. The van der Waals surface area contributed by atoms with Crippen molar-refractivity contribution in [1.29, 1.82) is 0 Å². The van der Waals surface area contributed by atoms with Gasteiger partial charge in [-0.1, -0.05) is 11.6 Å². The molecule has 1 saturated carbocycles. The average Bonchev–Trinajstić information content (AvgIpc) is 2.76. The van der Waals surface area contributed by atoms with E-state index in [-0.39, 0.29) is 36.5 Å². The minimum absolute atomic E-state index is 0.0191. The zero-order valence-electron chi connectivity index (χ0n) is 12.8. The molecule has 8 heteroatoms. The molecule has 2 heterocycles. The summed E-state index contributed by atoms with van der Waals surface area (Å²) in [5.74, 6) is -2.16. The smallest absolute Gasteiger partial charge is 0.392 e. The van der Waals surface area contributed by atoms with Crippen LogP contribution in [0.25, 0.3) is 0 Å². The number of aromatic carboxylic acids is 1. The van der Waals surface area contributed by atoms with E-state index in [1.165, 1.54) is 6.92 Å². The molecule has 1 aliphatic heterocycles. The quantitative estimate of drug-likeness (QED) is 0.920. The maximum atomic E-state index is 13.3. The summed E-state index contributed by atoms with van der Waals surface area (Å²) < 4.78 is 44.7. The average molecular weight is 332 g/mol. The van der Waals surface area contributed by atoms with Gasteiger partial charge < -0.3 is 9.63 Å². The summed E-state index contributed by atoms with van der Waals surface area (Å²) >= 11 is 0. The van der Waals surface area contributed by atoms with Gasteiger partial charge in [0.1, 0.15) is 17.0 Å². The number of likely N-dealkylation sites (tertiary alicyclic amines) is 1. The van der Waals surface area contributed by atoms with E-state index in [1.54, 1.807) is 0 Å². The molecule has 1 saturated heterocycles. The molecular formula is C15H19F3N2O3. The largest absolute Gasteiger partial charge is 0.477 e. The van der Waals surface area contributed by atoms with E-state index in [0.717, 1.165) is 6.42 Å². The molecule has 1 atom stereocenters. The molecule has 0 bridgehead atoms. The number of piperidine rings is 1. The molecule has 1 N–H and O–H groups in total. The standard InChI is InChI=1S/C15H19F3N2O3/c1-9-12(13(21)22)10(19-23-9)7-20-6-3-11(15(16,17)18)14(8-20)4-2-5-14/h11H,2-8H2,1H3,(H,21,22). The molecule has 2 fully saturated rings. The molecular weight excluding hydrogens is 313 g/mol. The van der Waals surface area contributed by atoms with Gasteiger partial charge in [-0.3, -0.25) is 4.90 Å². The normalized spacial score (nSPS) is 24.6. The van der Waals surface area contributed by atoms with Crippen LogP contribution in [0.15, 0.2) is 4.52 Å². The summed E-state index contributed by atoms with van der Waals surface area (Å²) in [6.07, 6.45) is -2.12. The number of aryl methyl sites for hydroxylation is 1. The topological polar surface area (TPSA) is 66.6 Å². The fraction of sp³-hybridized carbons (Fsp3) is 0.733. The first-order chi connectivity index (χ1) is 10.7. The van der Waals surface area contributed by atoms with Crippen LogP contribution in [0.3, 0.4) is 0 Å². The maximum Gasteiger partial charge on any atom is 0.392 e. The lowest BCUT2D eigenvalue weighted by Gasteiger charge is -2.54. The number of hydrogen-bond acceptors (Lipinski definition) is 4. The highest BCUT2D eigenvalue weighted by molar-refractivity contribution is 5.89. The van der Waals surface area contributed by atoms with Crippen molar-refractivity contribution in [2.75, 3.05) is 13.1 Å². The first-order valence-electron chi connectivity index (χ1n) is 7.70. The number of hydrogen-bond donors (Lipinski definition) is 1. The van der Waals surface area contributed by atoms with Crippen LogP contribution in [0.2, 0.25) is 0 Å². The number of aromatic nitrogens is 1. The summed E-state index contributed by atoms with van der Waals surface area (Å²) in [4.78, 5) is 13.1. The van der Waals surface area contributed by atoms with Crippen LogP contribution in [0.5, 0.6) is 0 Å². The van der Waals surface area contributed by atoms with Crippen molar-refractivity contribution in [3.8, 4) is 0 Å². The van der Waals surface area contributed by atoms with Crippen molar-refractivity contribution in [1.82, 2.24) is 10.1 Å². The predicted octanol–water partition coefficient (Wildman–Crippen LogP) is 3.24. The lowest BCUT2D eigenvalue weighted by Crippen LogP contribution is -2.56. The number of carbonyl (C=O) groups is 1. The summed E-state index contributed by atoms with van der Waals surface area (Å²) in [5, 5.41) is 13.0. The molecule has 1 spiro atoms. The number of carboxylic acid groups (broad SMARTS) is 1. The van der Waals surface area contributed by atoms with E-state index in [9.17, 15) is 23.1 Å². The third-order valence-corrected chi connectivity index (χ3v) is 5.28. The summed E-state index contributed by atoms with van der Waals surface area (Å²) in [6.45, 7) is 2.35. The highest BCUT2D eigenvalue weighted by Crippen LogP contribution is 2.56. The van der Waals surface area contributed by atoms with Crippen LogP contribution in [-0.2, 0) is 6.54 Å². The fourth-order valence-electron chi connectivity index (χ4n) is 4.05. The molecule has 2 aliphatic rings. The number of halogens is 3. The second-order valence-corrected chi connectivity index (χ2v) is 6.68. The van der Waals surface area contributed by atoms with Crippen molar-refractivity contribution >= 4 is 5.97 Å². The first kappa shape index (κ1) is 16.3. The van der Waals surface area contributed by atoms with E-state index in [2.05, 4.69) is 5.16 Å². The lowest BCUT2D eigenvalue weighted by atomic mass is 9.58. The Hall–Kier alpha value is -1.57. The van der Waals surface area contributed by atoms with Crippen molar-refractivity contribution in [2.45, 2.75) is 45.3 Å². The minimum atomic E-state index is -4.16. The van der Waals surface area contributed by atoms with Gasteiger partial charge in [0.2, 0.25) is 0 Å². The van der Waals surface area contributed by atoms with Crippen LogP contribution in [0.1, 0.15) is 47.5 Å². The molecule has 1 aromatic heterocycles. The Kier molecular flexibility index (Phi) is 3.90. The molecule has 1 aliphatic carbocycles. The van der Waals surface area contributed by atoms with Crippen LogP contribution in [0, 0.1) is 18.3 Å². The van der Waals surface area contributed by atoms with Crippen molar-refractivity contribution in [2.24, 2.45) is 11.3 Å². The van der Waals surface area contributed by atoms with Gasteiger partial charge in [-0.25, -0.2) is 4.79 Å². The maximum absolute atomic E-state index is 13.3. The Labute approximate surface area is 131 Å². The van der Waals surface area contributed by atoms with Crippen LogP contribution in [0.4, 0.5) is 13.2 Å². The molecule has 3 rings (SSSR count). The highest BCUT2D eigenvalue weighted by Gasteiger charge is 2.57. The molecule has 5 nitrogen and oxygen atoms in total. The van der Waals surface area contributed by atoms with Gasteiger partial charge in [0.15, 0.2) is 0 Å². The Morgan fingerprint density at radius 3 is 2.70 bits per heavy atom. The zero-order valence-corrected chi connectivity index (χ0v) is 12.8. The SMILES string of the molecule is Cc1onc(CN2CCC(C(F)(F)F)C3(CCC3)C2)c1C(=O)O. The number of rotatable bonds is 3. The number of carboxylic acids is 1. The van der Waals surface area contributed by atoms with Gasteiger partial charge in [0, 0.05) is 13.1 Å². The van der Waals surface area contributed by atoms with Crippen molar-refractivity contribution in [3.05, 3.63) is 17.0 Å². The highest BCUT2D eigenvalue weighted by atomic mass is 19.4. The summed E-state index contributed by atoms with van der Waals surface area (Å²) in [6, 6.07) is 0. The second-order valence-electron chi connectivity index (χ2n) is 6.68. The monoisotopic (exact) mass is 332 g/mol. The van der Waals surface area contributed by atoms with Gasteiger partial charge in [0.25, 0.3) is 0 Å². The minimum Gasteiger partial charge on any atom is -0.477 e. The zero-order chi connectivity index (χ0) is 16.8. The van der Waals surface area contributed by atoms with Gasteiger partial charge in [-0.05, 0) is 38.1 Å². The van der Waals surface area contributed by atoms with E-state index < -0.39 is 23.5 Å². The molecule has 0 radical (unpaired) electrons. The van der Waals surface area contributed by atoms with Crippen LogP contribution >= 0.6 is 0 Å². The Morgan fingerprint density at radius 1 is 1.48 bits per heavy atom. The number of alkyl halides is 3. The lowest BCUT2D eigenvalue weighted by molar-refractivity contribution is -0.238. The van der Waals surface area contributed by atoms with Crippen LogP contribution < -0.4 is 0 Å². The Morgan fingerprint density at radius 2 is 2.17 bits per heavy atom.